The zero-order valence-corrected chi connectivity index (χ0v) is 14.4. The molecule has 0 bridgehead atoms. The highest BCUT2D eigenvalue weighted by Gasteiger charge is 2.24. The summed E-state index contributed by atoms with van der Waals surface area (Å²) in [4.78, 5) is 12.6. The van der Waals surface area contributed by atoms with E-state index in [0.29, 0.717) is 39.2 Å². The molecule has 0 saturated carbocycles. The normalized spacial score (nSPS) is 10.6. The van der Waals surface area contributed by atoms with Crippen molar-refractivity contribution in [2.24, 2.45) is 0 Å². The summed E-state index contributed by atoms with van der Waals surface area (Å²) in [6, 6.07) is 14.8. The molecule has 1 heterocycles. The van der Waals surface area contributed by atoms with Crippen molar-refractivity contribution in [2.45, 2.75) is 13.5 Å². The van der Waals surface area contributed by atoms with E-state index in [0.717, 1.165) is 5.56 Å². The molecule has 2 aromatic carbocycles. The van der Waals surface area contributed by atoms with Gasteiger partial charge < -0.3 is 9.84 Å². The monoisotopic (exact) mass is 360 g/mol. The number of hydrogen-bond acceptors (Lipinski definition) is 3. The maximum absolute atomic E-state index is 12.6. The Hall–Kier alpha value is -2.30. The van der Waals surface area contributed by atoms with Crippen molar-refractivity contribution in [3.05, 3.63) is 75.5 Å². The van der Waals surface area contributed by atoms with Crippen molar-refractivity contribution in [1.82, 2.24) is 10.5 Å². The fourth-order valence-corrected chi connectivity index (χ4v) is 2.98. The van der Waals surface area contributed by atoms with E-state index in [2.05, 4.69) is 10.5 Å². The molecule has 1 N–H and O–H groups in total. The molecular formula is C18H14Cl2N2O2. The van der Waals surface area contributed by atoms with Gasteiger partial charge in [0.15, 0.2) is 0 Å². The molecule has 0 aliphatic rings. The highest BCUT2D eigenvalue weighted by Crippen LogP contribution is 2.36. The second-order valence-electron chi connectivity index (χ2n) is 5.23. The molecule has 0 atom stereocenters. The maximum atomic E-state index is 12.6. The highest BCUT2D eigenvalue weighted by molar-refractivity contribution is 6.39. The lowest BCUT2D eigenvalue weighted by molar-refractivity contribution is 0.0950. The summed E-state index contributed by atoms with van der Waals surface area (Å²) < 4.78 is 5.21. The van der Waals surface area contributed by atoms with Gasteiger partial charge in [-0.05, 0) is 24.6 Å². The van der Waals surface area contributed by atoms with Gasteiger partial charge in [0.25, 0.3) is 5.91 Å². The smallest absolute Gasteiger partial charge is 0.257 e. The Balaban J connectivity index is 1.91. The number of rotatable bonds is 4. The molecule has 3 rings (SSSR count). The lowest BCUT2D eigenvalue weighted by Gasteiger charge is -2.08. The standard InChI is InChI=1S/C18H14Cl2N2O2/c1-11-15(18(23)21-10-12-6-3-2-4-7-12)17(22-24-11)16-13(19)8-5-9-14(16)20/h2-9H,10H2,1H3,(H,21,23). The number of aromatic nitrogens is 1. The van der Waals surface area contributed by atoms with Crippen LogP contribution >= 0.6 is 23.2 Å². The summed E-state index contributed by atoms with van der Waals surface area (Å²) >= 11 is 12.5. The van der Waals surface area contributed by atoms with Gasteiger partial charge >= 0.3 is 0 Å². The van der Waals surface area contributed by atoms with Gasteiger partial charge in [0.1, 0.15) is 17.0 Å². The first-order chi connectivity index (χ1) is 11.6. The van der Waals surface area contributed by atoms with Gasteiger partial charge in [-0.15, -0.1) is 0 Å². The Morgan fingerprint density at radius 1 is 1.08 bits per heavy atom. The summed E-state index contributed by atoms with van der Waals surface area (Å²) in [6.45, 7) is 2.08. The molecule has 0 aliphatic heterocycles. The van der Waals surface area contributed by atoms with Crippen molar-refractivity contribution in [2.75, 3.05) is 0 Å². The van der Waals surface area contributed by atoms with Crippen LogP contribution in [0.5, 0.6) is 0 Å². The Kier molecular flexibility index (Phi) is 4.88. The zero-order chi connectivity index (χ0) is 17.1. The largest absolute Gasteiger partial charge is 0.360 e. The Morgan fingerprint density at radius 2 is 1.75 bits per heavy atom. The predicted molar refractivity (Wildman–Crippen MR) is 94.3 cm³/mol. The molecule has 1 aromatic heterocycles. The van der Waals surface area contributed by atoms with E-state index in [1.807, 2.05) is 30.3 Å². The van der Waals surface area contributed by atoms with E-state index in [9.17, 15) is 4.79 Å². The molecule has 0 saturated heterocycles. The summed E-state index contributed by atoms with van der Waals surface area (Å²) in [6.07, 6.45) is 0. The van der Waals surface area contributed by atoms with Crippen LogP contribution in [0.25, 0.3) is 11.3 Å². The molecule has 24 heavy (non-hydrogen) atoms. The summed E-state index contributed by atoms with van der Waals surface area (Å²) in [5.41, 5.74) is 2.16. The molecule has 122 valence electrons. The predicted octanol–water partition coefficient (Wildman–Crippen LogP) is 4.89. The summed E-state index contributed by atoms with van der Waals surface area (Å²) in [5.74, 6) is 0.120. The van der Waals surface area contributed by atoms with Crippen molar-refractivity contribution in [1.29, 1.82) is 0 Å². The fourth-order valence-electron chi connectivity index (χ4n) is 2.40. The molecule has 0 radical (unpaired) electrons. The highest BCUT2D eigenvalue weighted by atomic mass is 35.5. The van der Waals surface area contributed by atoms with Crippen LogP contribution in [-0.4, -0.2) is 11.1 Å². The first-order valence-electron chi connectivity index (χ1n) is 7.30. The molecule has 4 nitrogen and oxygen atoms in total. The number of amides is 1. The van der Waals surface area contributed by atoms with Crippen LogP contribution in [0.4, 0.5) is 0 Å². The number of benzene rings is 2. The van der Waals surface area contributed by atoms with Crippen molar-refractivity contribution < 1.29 is 9.32 Å². The van der Waals surface area contributed by atoms with Crippen LogP contribution < -0.4 is 5.32 Å². The Morgan fingerprint density at radius 3 is 2.42 bits per heavy atom. The molecule has 6 heteroatoms. The van der Waals surface area contributed by atoms with Gasteiger partial charge in [0, 0.05) is 12.1 Å². The van der Waals surface area contributed by atoms with Gasteiger partial charge in [-0.1, -0.05) is 64.8 Å². The fraction of sp³-hybridized carbons (Fsp3) is 0.111. The van der Waals surface area contributed by atoms with Gasteiger partial charge in [0.2, 0.25) is 0 Å². The van der Waals surface area contributed by atoms with Crippen LogP contribution in [0.3, 0.4) is 0 Å². The van der Waals surface area contributed by atoms with E-state index < -0.39 is 0 Å². The molecule has 0 spiro atoms. The minimum Gasteiger partial charge on any atom is -0.360 e. The first kappa shape index (κ1) is 16.6. The van der Waals surface area contributed by atoms with Crippen LogP contribution in [0.15, 0.2) is 53.1 Å². The average Bonchev–Trinajstić information content (AvgIpc) is 2.95. The molecule has 1 amide bonds. The lowest BCUT2D eigenvalue weighted by Crippen LogP contribution is -2.23. The second-order valence-corrected chi connectivity index (χ2v) is 6.04. The Labute approximate surface area is 149 Å². The first-order valence-corrected chi connectivity index (χ1v) is 8.06. The quantitative estimate of drug-likeness (QED) is 0.720. The third-order valence-electron chi connectivity index (χ3n) is 3.59. The van der Waals surface area contributed by atoms with Gasteiger partial charge in [0.05, 0.1) is 10.0 Å². The van der Waals surface area contributed by atoms with Crippen LogP contribution in [0.2, 0.25) is 10.0 Å². The topological polar surface area (TPSA) is 55.1 Å². The average molecular weight is 361 g/mol. The van der Waals surface area contributed by atoms with E-state index in [1.165, 1.54) is 0 Å². The number of halogens is 2. The molecule has 3 aromatic rings. The van der Waals surface area contributed by atoms with Gasteiger partial charge in [-0.2, -0.15) is 0 Å². The van der Waals surface area contributed by atoms with Crippen molar-refractivity contribution in [3.63, 3.8) is 0 Å². The second kappa shape index (κ2) is 7.07. The number of aryl methyl sites for hydroxylation is 1. The van der Waals surface area contributed by atoms with E-state index in [1.54, 1.807) is 25.1 Å². The summed E-state index contributed by atoms with van der Waals surface area (Å²) in [5, 5.41) is 7.67. The third-order valence-corrected chi connectivity index (χ3v) is 4.22. The van der Waals surface area contributed by atoms with Crippen molar-refractivity contribution >= 4 is 29.1 Å². The van der Waals surface area contributed by atoms with Crippen LogP contribution in [0, 0.1) is 6.92 Å². The molecule has 0 aliphatic carbocycles. The van der Waals surface area contributed by atoms with Crippen LogP contribution in [-0.2, 0) is 6.54 Å². The van der Waals surface area contributed by atoms with Crippen molar-refractivity contribution in [3.8, 4) is 11.3 Å². The zero-order valence-electron chi connectivity index (χ0n) is 12.8. The lowest BCUT2D eigenvalue weighted by atomic mass is 10.1. The number of nitrogens with zero attached hydrogens (tertiary/aromatic N) is 1. The Bertz CT molecular complexity index is 856. The minimum absolute atomic E-state index is 0.288. The molecule has 0 fully saturated rings. The van der Waals surface area contributed by atoms with Gasteiger partial charge in [-0.3, -0.25) is 4.79 Å². The number of carbonyl (C=O) groups excluding carboxylic acids is 1. The van der Waals surface area contributed by atoms with Crippen LogP contribution in [0.1, 0.15) is 21.7 Å². The number of hydrogen-bond donors (Lipinski definition) is 1. The molecular weight excluding hydrogens is 347 g/mol. The van der Waals surface area contributed by atoms with E-state index in [4.69, 9.17) is 27.7 Å². The SMILES string of the molecule is Cc1onc(-c2c(Cl)cccc2Cl)c1C(=O)NCc1ccccc1. The third kappa shape index (κ3) is 3.30. The van der Waals surface area contributed by atoms with Gasteiger partial charge in [-0.25, -0.2) is 0 Å². The molecule has 0 unspecified atom stereocenters. The van der Waals surface area contributed by atoms with E-state index in [-0.39, 0.29) is 5.91 Å². The maximum Gasteiger partial charge on any atom is 0.257 e. The summed E-state index contributed by atoms with van der Waals surface area (Å²) in [7, 11) is 0. The van der Waals surface area contributed by atoms with E-state index >= 15 is 0 Å². The minimum atomic E-state index is -0.288. The number of nitrogens with one attached hydrogen (secondary N) is 1. The number of carbonyl (C=O) groups is 1.